The summed E-state index contributed by atoms with van der Waals surface area (Å²) in [5.41, 5.74) is 1.62. The Hall–Kier alpha value is -4.07. The van der Waals surface area contributed by atoms with E-state index in [0.29, 0.717) is 11.3 Å². The Morgan fingerprint density at radius 2 is 1.53 bits per heavy atom. The average molecular weight is 463 g/mol. The molecule has 1 aliphatic rings. The fourth-order valence-electron chi connectivity index (χ4n) is 3.81. The summed E-state index contributed by atoms with van der Waals surface area (Å²) in [5.74, 6) is -2.62. The Morgan fingerprint density at radius 3 is 2.21 bits per heavy atom. The van der Waals surface area contributed by atoms with Crippen LogP contribution in [0.1, 0.15) is 44.7 Å². The molecular formula is C26H24F2N4O2. The van der Waals surface area contributed by atoms with Gasteiger partial charge in [-0.25, -0.2) is 8.78 Å². The molecule has 3 N–H and O–H groups in total. The molecule has 0 unspecified atom stereocenters. The van der Waals surface area contributed by atoms with Crippen LogP contribution in [0.3, 0.4) is 0 Å². The summed E-state index contributed by atoms with van der Waals surface area (Å²) in [7, 11) is 0. The van der Waals surface area contributed by atoms with Crippen molar-refractivity contribution in [2.75, 3.05) is 23.7 Å². The fraction of sp³-hybridized carbons (Fsp3) is 0.192. The number of aryl methyl sites for hydroxylation is 1. The van der Waals surface area contributed by atoms with Gasteiger partial charge < -0.3 is 15.5 Å². The number of benzene rings is 3. The third-order valence-corrected chi connectivity index (χ3v) is 5.69. The van der Waals surface area contributed by atoms with Gasteiger partial charge in [0.25, 0.3) is 11.8 Å². The SMILES string of the molecule is Cc1ccc(NC(=O)c2cc(F)ccc2NC(=O)c2ccc(C(=N)N3CCCC3)cc2F)cc1. The Morgan fingerprint density at radius 1 is 0.853 bits per heavy atom. The minimum atomic E-state index is -0.785. The second-order valence-electron chi connectivity index (χ2n) is 8.20. The Bertz CT molecular complexity index is 1250. The van der Waals surface area contributed by atoms with Gasteiger partial charge >= 0.3 is 0 Å². The average Bonchev–Trinajstić information content (AvgIpc) is 3.36. The van der Waals surface area contributed by atoms with E-state index in [4.69, 9.17) is 5.41 Å². The van der Waals surface area contributed by atoms with Gasteiger partial charge in [-0.3, -0.25) is 15.0 Å². The number of amidine groups is 1. The molecule has 174 valence electrons. The van der Waals surface area contributed by atoms with Crippen LogP contribution in [-0.2, 0) is 0 Å². The van der Waals surface area contributed by atoms with Crippen LogP contribution >= 0.6 is 0 Å². The number of hydrogen-bond donors (Lipinski definition) is 3. The monoisotopic (exact) mass is 462 g/mol. The smallest absolute Gasteiger partial charge is 0.258 e. The molecule has 6 nitrogen and oxygen atoms in total. The second kappa shape index (κ2) is 9.82. The van der Waals surface area contributed by atoms with Gasteiger partial charge in [0.15, 0.2) is 0 Å². The molecule has 1 heterocycles. The maximum absolute atomic E-state index is 14.8. The minimum Gasteiger partial charge on any atom is -0.357 e. The van der Waals surface area contributed by atoms with Crippen LogP contribution < -0.4 is 10.6 Å². The van der Waals surface area contributed by atoms with Crippen molar-refractivity contribution in [3.05, 3.63) is 94.6 Å². The predicted molar refractivity (Wildman–Crippen MR) is 128 cm³/mol. The summed E-state index contributed by atoms with van der Waals surface area (Å²) in [5, 5.41) is 13.4. The van der Waals surface area contributed by atoms with E-state index < -0.39 is 23.4 Å². The molecule has 1 aliphatic heterocycles. The van der Waals surface area contributed by atoms with E-state index in [2.05, 4.69) is 10.6 Å². The Kier molecular flexibility index (Phi) is 6.67. The fourth-order valence-corrected chi connectivity index (χ4v) is 3.81. The summed E-state index contributed by atoms with van der Waals surface area (Å²) >= 11 is 0. The number of carbonyl (C=O) groups is 2. The number of carbonyl (C=O) groups excluding carboxylic acids is 2. The van der Waals surface area contributed by atoms with Crippen molar-refractivity contribution in [1.82, 2.24) is 4.90 Å². The first-order valence-electron chi connectivity index (χ1n) is 10.9. The molecule has 34 heavy (non-hydrogen) atoms. The third kappa shape index (κ3) is 5.11. The molecule has 0 spiro atoms. The van der Waals surface area contributed by atoms with Crippen molar-refractivity contribution in [1.29, 1.82) is 5.41 Å². The van der Waals surface area contributed by atoms with E-state index in [0.717, 1.165) is 49.7 Å². The number of nitrogens with one attached hydrogen (secondary N) is 3. The summed E-state index contributed by atoms with van der Waals surface area (Å²) in [6, 6.07) is 14.4. The van der Waals surface area contributed by atoms with E-state index in [1.165, 1.54) is 18.2 Å². The van der Waals surface area contributed by atoms with Crippen molar-refractivity contribution < 1.29 is 18.4 Å². The Balaban J connectivity index is 1.53. The third-order valence-electron chi connectivity index (χ3n) is 5.69. The lowest BCUT2D eigenvalue weighted by atomic mass is 10.1. The largest absolute Gasteiger partial charge is 0.357 e. The number of likely N-dealkylation sites (tertiary alicyclic amines) is 1. The first-order chi connectivity index (χ1) is 16.3. The van der Waals surface area contributed by atoms with Crippen LogP contribution in [0, 0.1) is 24.0 Å². The van der Waals surface area contributed by atoms with E-state index in [1.807, 2.05) is 24.0 Å². The number of halogens is 2. The van der Waals surface area contributed by atoms with Crippen molar-refractivity contribution in [3.8, 4) is 0 Å². The zero-order chi connectivity index (χ0) is 24.2. The van der Waals surface area contributed by atoms with Crippen molar-refractivity contribution in [2.24, 2.45) is 0 Å². The van der Waals surface area contributed by atoms with Gasteiger partial charge in [0.2, 0.25) is 0 Å². The summed E-state index contributed by atoms with van der Waals surface area (Å²) in [4.78, 5) is 27.4. The molecule has 8 heteroatoms. The van der Waals surface area contributed by atoms with Crippen LogP contribution in [0.2, 0.25) is 0 Å². The molecule has 3 aromatic rings. The highest BCUT2D eigenvalue weighted by Gasteiger charge is 2.21. The highest BCUT2D eigenvalue weighted by Crippen LogP contribution is 2.22. The summed E-state index contributed by atoms with van der Waals surface area (Å²) in [6.45, 7) is 3.41. The highest BCUT2D eigenvalue weighted by molar-refractivity contribution is 6.12. The zero-order valence-corrected chi connectivity index (χ0v) is 18.6. The van der Waals surface area contributed by atoms with Gasteiger partial charge in [0.05, 0.1) is 16.8 Å². The molecule has 0 radical (unpaired) electrons. The van der Waals surface area contributed by atoms with Crippen LogP contribution in [0.4, 0.5) is 20.2 Å². The van der Waals surface area contributed by atoms with Crippen LogP contribution in [-0.4, -0.2) is 35.6 Å². The van der Waals surface area contributed by atoms with Crippen molar-refractivity contribution >= 4 is 29.0 Å². The molecule has 4 rings (SSSR count). The molecular weight excluding hydrogens is 438 g/mol. The van der Waals surface area contributed by atoms with Crippen molar-refractivity contribution in [2.45, 2.75) is 19.8 Å². The van der Waals surface area contributed by atoms with Crippen LogP contribution in [0.25, 0.3) is 0 Å². The lowest BCUT2D eigenvalue weighted by Crippen LogP contribution is -2.28. The van der Waals surface area contributed by atoms with Crippen LogP contribution in [0.5, 0.6) is 0 Å². The standard InChI is InChI=1S/C26H24F2N4O2/c1-16-4-8-19(9-5-16)30-26(34)21-15-18(27)7-11-23(21)31-25(33)20-10-6-17(14-22(20)28)24(29)32-12-2-3-13-32/h4-11,14-15,29H,2-3,12-13H2,1H3,(H,30,34)(H,31,33). The molecule has 0 bridgehead atoms. The molecule has 2 amide bonds. The van der Waals surface area contributed by atoms with E-state index in [-0.39, 0.29) is 22.6 Å². The maximum Gasteiger partial charge on any atom is 0.258 e. The minimum absolute atomic E-state index is 0.0456. The topological polar surface area (TPSA) is 85.3 Å². The second-order valence-corrected chi connectivity index (χ2v) is 8.20. The van der Waals surface area contributed by atoms with Gasteiger partial charge in [0, 0.05) is 24.3 Å². The summed E-state index contributed by atoms with van der Waals surface area (Å²) < 4.78 is 28.7. The molecule has 0 atom stereocenters. The normalized spacial score (nSPS) is 13.0. The summed E-state index contributed by atoms with van der Waals surface area (Å²) in [6.07, 6.45) is 1.98. The van der Waals surface area contributed by atoms with E-state index in [1.54, 1.807) is 12.1 Å². The zero-order valence-electron chi connectivity index (χ0n) is 18.6. The molecule has 1 fully saturated rings. The lowest BCUT2D eigenvalue weighted by Gasteiger charge is -2.19. The highest BCUT2D eigenvalue weighted by atomic mass is 19.1. The number of amides is 2. The quantitative estimate of drug-likeness (QED) is 0.360. The number of nitrogens with zero attached hydrogens (tertiary/aromatic N) is 1. The van der Waals surface area contributed by atoms with Gasteiger partial charge in [0.1, 0.15) is 17.5 Å². The van der Waals surface area contributed by atoms with Gasteiger partial charge in [-0.2, -0.15) is 0 Å². The number of rotatable bonds is 5. The number of hydrogen-bond acceptors (Lipinski definition) is 3. The van der Waals surface area contributed by atoms with Crippen molar-refractivity contribution in [3.63, 3.8) is 0 Å². The van der Waals surface area contributed by atoms with Gasteiger partial charge in [-0.05, 0) is 62.2 Å². The predicted octanol–water partition coefficient (Wildman–Crippen LogP) is 5.20. The first kappa shape index (κ1) is 23.1. The molecule has 0 aliphatic carbocycles. The Labute approximate surface area is 196 Å². The van der Waals surface area contributed by atoms with Gasteiger partial charge in [-0.1, -0.05) is 23.8 Å². The lowest BCUT2D eigenvalue weighted by molar-refractivity contribution is 0.102. The molecule has 0 saturated carbocycles. The van der Waals surface area contributed by atoms with E-state index in [9.17, 15) is 18.4 Å². The first-order valence-corrected chi connectivity index (χ1v) is 10.9. The number of anilines is 2. The molecule has 1 saturated heterocycles. The maximum atomic E-state index is 14.8. The van der Waals surface area contributed by atoms with E-state index >= 15 is 0 Å². The molecule has 3 aromatic carbocycles. The van der Waals surface area contributed by atoms with Gasteiger partial charge in [-0.15, -0.1) is 0 Å². The molecule has 0 aromatic heterocycles. The van der Waals surface area contributed by atoms with Crippen LogP contribution in [0.15, 0.2) is 60.7 Å².